The number of benzene rings is 12. The molecule has 2 nitrogen and oxygen atoms in total. The fourth-order valence-electron chi connectivity index (χ4n) is 12.8. The van der Waals surface area contributed by atoms with E-state index in [1.54, 1.807) is 0 Å². The molecule has 0 fully saturated rings. The summed E-state index contributed by atoms with van der Waals surface area (Å²) >= 11 is 0. The summed E-state index contributed by atoms with van der Waals surface area (Å²) in [6, 6.07) is 107. The Morgan fingerprint density at radius 2 is 0.438 bits per heavy atom. The Bertz CT molecular complexity index is 3970. The molecule has 0 saturated carbocycles. The second-order valence-electron chi connectivity index (χ2n) is 22.6. The minimum atomic E-state index is -0.113. The SMILES string of the molecule is CC1(C)c2ccccc2-c2ccc(N(c3ccc(-c4ccccc4)cc3)c3ccc(-c4cccc(-c5cccc(-c6ccc(N(c7ccc(-c8ccccc8)cc7)c7ccc8c(c7)C(C)(C)c7ccccc7-8)cc6)c5)c4)cc3)cc21. The molecule has 12 aromatic rings. The summed E-state index contributed by atoms with van der Waals surface area (Å²) in [5.41, 5.74) is 29.1. The third-order valence-corrected chi connectivity index (χ3v) is 17.1. The van der Waals surface area contributed by atoms with Crippen LogP contribution in [0.25, 0.3) is 77.9 Å². The molecule has 0 amide bonds. The van der Waals surface area contributed by atoms with Crippen molar-refractivity contribution in [2.75, 3.05) is 9.80 Å². The highest BCUT2D eigenvalue weighted by Crippen LogP contribution is 2.53. The van der Waals surface area contributed by atoms with Crippen LogP contribution in [-0.2, 0) is 10.8 Å². The highest BCUT2D eigenvalue weighted by molar-refractivity contribution is 5.89. The first-order valence-electron chi connectivity index (χ1n) is 28.0. The van der Waals surface area contributed by atoms with E-state index in [2.05, 4.69) is 329 Å². The Labute approximate surface area is 471 Å². The molecule has 2 aliphatic carbocycles. The van der Waals surface area contributed by atoms with Crippen molar-refractivity contribution < 1.29 is 0 Å². The average molecular weight is 1030 g/mol. The van der Waals surface area contributed by atoms with Gasteiger partial charge < -0.3 is 9.80 Å². The minimum Gasteiger partial charge on any atom is -0.310 e. The molecule has 12 aromatic carbocycles. The van der Waals surface area contributed by atoms with Crippen molar-refractivity contribution in [2.45, 2.75) is 38.5 Å². The zero-order valence-electron chi connectivity index (χ0n) is 45.6. The molecule has 0 heterocycles. The van der Waals surface area contributed by atoms with Crippen LogP contribution in [0, 0.1) is 0 Å². The quantitative estimate of drug-likeness (QED) is 0.127. The lowest BCUT2D eigenvalue weighted by Gasteiger charge is -2.28. The fraction of sp³-hybridized carbons (Fsp3) is 0.0769. The van der Waals surface area contributed by atoms with E-state index in [0.29, 0.717) is 0 Å². The fourth-order valence-corrected chi connectivity index (χ4v) is 12.8. The van der Waals surface area contributed by atoms with Gasteiger partial charge in [0.05, 0.1) is 0 Å². The van der Waals surface area contributed by atoms with Gasteiger partial charge in [-0.05, 0) is 185 Å². The van der Waals surface area contributed by atoms with E-state index in [-0.39, 0.29) is 10.8 Å². The van der Waals surface area contributed by atoms with Gasteiger partial charge in [0.2, 0.25) is 0 Å². The lowest BCUT2D eigenvalue weighted by molar-refractivity contribution is 0.660. The highest BCUT2D eigenvalue weighted by Gasteiger charge is 2.37. The van der Waals surface area contributed by atoms with Crippen LogP contribution in [0.5, 0.6) is 0 Å². The van der Waals surface area contributed by atoms with Crippen molar-refractivity contribution in [3.8, 4) is 77.9 Å². The van der Waals surface area contributed by atoms with Gasteiger partial charge in [0.15, 0.2) is 0 Å². The first-order valence-corrected chi connectivity index (χ1v) is 28.0. The molecular formula is C78H60N2. The molecule has 382 valence electrons. The maximum absolute atomic E-state index is 2.41. The van der Waals surface area contributed by atoms with Crippen molar-refractivity contribution in [3.05, 3.63) is 313 Å². The summed E-state index contributed by atoms with van der Waals surface area (Å²) in [6.45, 7) is 9.42. The third-order valence-electron chi connectivity index (χ3n) is 17.1. The van der Waals surface area contributed by atoms with E-state index < -0.39 is 0 Å². The van der Waals surface area contributed by atoms with Crippen LogP contribution < -0.4 is 9.80 Å². The first kappa shape index (κ1) is 48.6. The van der Waals surface area contributed by atoms with E-state index >= 15 is 0 Å². The molecule has 0 radical (unpaired) electrons. The average Bonchev–Trinajstić information content (AvgIpc) is 3.98. The lowest BCUT2D eigenvalue weighted by atomic mass is 9.82. The number of rotatable bonds is 11. The molecule has 0 unspecified atom stereocenters. The Morgan fingerprint density at radius 3 is 0.787 bits per heavy atom. The zero-order chi connectivity index (χ0) is 54.0. The summed E-state index contributed by atoms with van der Waals surface area (Å²) in [5, 5.41) is 0. The number of hydrogen-bond donors (Lipinski definition) is 0. The molecule has 2 heteroatoms. The molecule has 0 saturated heterocycles. The van der Waals surface area contributed by atoms with Gasteiger partial charge in [0, 0.05) is 45.0 Å². The maximum Gasteiger partial charge on any atom is 0.0465 e. The molecule has 0 aromatic heterocycles. The highest BCUT2D eigenvalue weighted by atomic mass is 15.1. The van der Waals surface area contributed by atoms with Crippen LogP contribution in [0.1, 0.15) is 49.9 Å². The van der Waals surface area contributed by atoms with Gasteiger partial charge in [0.1, 0.15) is 0 Å². The van der Waals surface area contributed by atoms with Crippen LogP contribution >= 0.6 is 0 Å². The Balaban J connectivity index is 0.762. The van der Waals surface area contributed by atoms with E-state index in [1.165, 1.54) is 100 Å². The molecular weight excluding hydrogens is 965 g/mol. The third kappa shape index (κ3) is 8.52. The number of fused-ring (bicyclic) bond motifs is 6. The number of nitrogens with zero attached hydrogens (tertiary/aromatic N) is 2. The monoisotopic (exact) mass is 1020 g/mol. The van der Waals surface area contributed by atoms with Crippen molar-refractivity contribution in [3.63, 3.8) is 0 Å². The van der Waals surface area contributed by atoms with Crippen molar-refractivity contribution >= 4 is 34.1 Å². The molecule has 0 spiro atoms. The van der Waals surface area contributed by atoms with Crippen LogP contribution in [0.2, 0.25) is 0 Å². The summed E-state index contributed by atoms with van der Waals surface area (Å²) < 4.78 is 0. The Kier molecular flexibility index (Phi) is 11.9. The van der Waals surface area contributed by atoms with Crippen LogP contribution in [0.15, 0.2) is 291 Å². The van der Waals surface area contributed by atoms with Crippen molar-refractivity contribution in [2.24, 2.45) is 0 Å². The second-order valence-corrected chi connectivity index (χ2v) is 22.6. The molecule has 0 atom stereocenters. The van der Waals surface area contributed by atoms with Gasteiger partial charge in [-0.1, -0.05) is 234 Å². The molecule has 0 aliphatic heterocycles. The molecule has 2 aliphatic rings. The van der Waals surface area contributed by atoms with Gasteiger partial charge in [-0.3, -0.25) is 0 Å². The maximum atomic E-state index is 2.41. The van der Waals surface area contributed by atoms with Crippen molar-refractivity contribution in [1.82, 2.24) is 0 Å². The lowest BCUT2D eigenvalue weighted by Crippen LogP contribution is -2.16. The Morgan fingerprint density at radius 1 is 0.188 bits per heavy atom. The molecule has 0 N–H and O–H groups in total. The predicted octanol–water partition coefficient (Wildman–Crippen LogP) is 21.6. The predicted molar refractivity (Wildman–Crippen MR) is 338 cm³/mol. The van der Waals surface area contributed by atoms with E-state index in [1.807, 2.05) is 0 Å². The largest absolute Gasteiger partial charge is 0.310 e. The second kappa shape index (κ2) is 19.6. The van der Waals surface area contributed by atoms with E-state index in [9.17, 15) is 0 Å². The van der Waals surface area contributed by atoms with Gasteiger partial charge in [0.25, 0.3) is 0 Å². The normalized spacial score (nSPS) is 13.2. The van der Waals surface area contributed by atoms with Gasteiger partial charge in [-0.2, -0.15) is 0 Å². The van der Waals surface area contributed by atoms with Crippen LogP contribution in [0.3, 0.4) is 0 Å². The standard InChI is InChI=1S/C78H60N2/c1-77(2)73-27-13-11-25-69(73)71-47-45-67(51-75(71)77)79(63-37-29-55(30-38-63)53-17-7-5-8-18-53)65-41-33-57(34-42-65)59-21-15-23-61(49-59)62-24-16-22-60(50-62)58-35-43-66(44-36-58)80(64-39-31-56(32-40-64)54-19-9-6-10-20-54)68-46-48-72-70-26-12-14-28-74(70)78(3,4)76(72)52-68/h5-52H,1-4H3. The minimum absolute atomic E-state index is 0.113. The molecule has 0 bridgehead atoms. The van der Waals surface area contributed by atoms with Gasteiger partial charge in [-0.25, -0.2) is 0 Å². The first-order chi connectivity index (χ1) is 39.2. The van der Waals surface area contributed by atoms with E-state index in [0.717, 1.165) is 34.1 Å². The van der Waals surface area contributed by atoms with Crippen LogP contribution in [0.4, 0.5) is 34.1 Å². The summed E-state index contributed by atoms with van der Waals surface area (Å²) in [6.07, 6.45) is 0. The van der Waals surface area contributed by atoms with Gasteiger partial charge >= 0.3 is 0 Å². The van der Waals surface area contributed by atoms with Crippen molar-refractivity contribution in [1.29, 1.82) is 0 Å². The van der Waals surface area contributed by atoms with E-state index in [4.69, 9.17) is 0 Å². The smallest absolute Gasteiger partial charge is 0.0465 e. The summed E-state index contributed by atoms with van der Waals surface area (Å²) in [4.78, 5) is 4.81. The number of anilines is 6. The summed E-state index contributed by atoms with van der Waals surface area (Å²) in [5.74, 6) is 0. The van der Waals surface area contributed by atoms with Crippen LogP contribution in [-0.4, -0.2) is 0 Å². The molecule has 80 heavy (non-hydrogen) atoms. The summed E-state index contributed by atoms with van der Waals surface area (Å²) in [7, 11) is 0. The van der Waals surface area contributed by atoms with Gasteiger partial charge in [-0.15, -0.1) is 0 Å². The zero-order valence-corrected chi connectivity index (χ0v) is 45.6. The molecule has 14 rings (SSSR count). The number of hydrogen-bond acceptors (Lipinski definition) is 2. The topological polar surface area (TPSA) is 6.48 Å². The Hall–Kier alpha value is -9.76.